The third-order valence-corrected chi connectivity index (χ3v) is 3.31. The highest BCUT2D eigenvalue weighted by atomic mass is 15.2. The topological polar surface area (TPSA) is 3.24 Å². The fourth-order valence-corrected chi connectivity index (χ4v) is 2.21. The Hall–Kier alpha value is -0.820. The lowest BCUT2D eigenvalue weighted by Gasteiger charge is -2.48. The van der Waals surface area contributed by atoms with Crippen LogP contribution in [0, 0.1) is 5.41 Å². The number of rotatable bonds is 3. The zero-order valence-corrected chi connectivity index (χ0v) is 9.16. The van der Waals surface area contributed by atoms with Crippen LogP contribution >= 0.6 is 0 Å². The van der Waals surface area contributed by atoms with E-state index >= 15 is 0 Å². The fraction of sp³-hybridized carbons (Fsp3) is 0.538. The molecule has 14 heavy (non-hydrogen) atoms. The zero-order chi connectivity index (χ0) is 10.0. The van der Waals surface area contributed by atoms with Crippen molar-refractivity contribution >= 4 is 0 Å². The Balaban J connectivity index is 1.85. The summed E-state index contributed by atoms with van der Waals surface area (Å²) in [5, 5.41) is 0. The van der Waals surface area contributed by atoms with Crippen molar-refractivity contribution in [1.29, 1.82) is 0 Å². The van der Waals surface area contributed by atoms with Crippen LogP contribution in [-0.4, -0.2) is 18.0 Å². The Labute approximate surface area is 86.7 Å². The summed E-state index contributed by atoms with van der Waals surface area (Å²) in [5.74, 6) is 0. The number of hydrogen-bond acceptors (Lipinski definition) is 1. The van der Waals surface area contributed by atoms with E-state index in [1.165, 1.54) is 25.1 Å². The van der Waals surface area contributed by atoms with Crippen LogP contribution in [0.25, 0.3) is 0 Å². The van der Waals surface area contributed by atoms with Gasteiger partial charge >= 0.3 is 0 Å². The van der Waals surface area contributed by atoms with Gasteiger partial charge in [-0.15, -0.1) is 0 Å². The van der Waals surface area contributed by atoms with E-state index < -0.39 is 0 Å². The Morgan fingerprint density at radius 3 is 2.43 bits per heavy atom. The summed E-state index contributed by atoms with van der Waals surface area (Å²) in [7, 11) is 0. The predicted molar refractivity (Wildman–Crippen MR) is 60.1 cm³/mol. The van der Waals surface area contributed by atoms with Gasteiger partial charge in [-0.2, -0.15) is 0 Å². The van der Waals surface area contributed by atoms with Crippen molar-refractivity contribution in [2.45, 2.75) is 26.8 Å². The molecule has 0 radical (unpaired) electrons. The highest BCUT2D eigenvalue weighted by Crippen LogP contribution is 2.33. The maximum absolute atomic E-state index is 2.53. The Kier molecular flexibility index (Phi) is 2.60. The lowest BCUT2D eigenvalue weighted by Crippen LogP contribution is -2.53. The maximum atomic E-state index is 2.53. The molecule has 0 unspecified atom stereocenters. The minimum Gasteiger partial charge on any atom is -0.298 e. The van der Waals surface area contributed by atoms with Gasteiger partial charge in [0.1, 0.15) is 0 Å². The van der Waals surface area contributed by atoms with E-state index in [1.54, 1.807) is 0 Å². The quantitative estimate of drug-likeness (QED) is 0.706. The average Bonchev–Trinajstić information content (AvgIpc) is 2.17. The molecule has 76 valence electrons. The van der Waals surface area contributed by atoms with Gasteiger partial charge in [-0.3, -0.25) is 4.90 Å². The predicted octanol–water partition coefficient (Wildman–Crippen LogP) is 2.92. The van der Waals surface area contributed by atoms with E-state index in [1.807, 2.05) is 0 Å². The number of nitrogens with zero attached hydrogens (tertiary/aromatic N) is 1. The SMILES string of the molecule is CCC1(C)CN(Cc2ccccc2)C1. The molecule has 0 bridgehead atoms. The van der Waals surface area contributed by atoms with Crippen molar-refractivity contribution in [3.63, 3.8) is 0 Å². The van der Waals surface area contributed by atoms with Crippen molar-refractivity contribution in [3.05, 3.63) is 35.9 Å². The largest absolute Gasteiger partial charge is 0.298 e. The van der Waals surface area contributed by atoms with E-state index in [0.717, 1.165) is 6.54 Å². The molecule has 0 saturated carbocycles. The van der Waals surface area contributed by atoms with Gasteiger partial charge in [0, 0.05) is 19.6 Å². The van der Waals surface area contributed by atoms with Gasteiger partial charge in [0.05, 0.1) is 0 Å². The summed E-state index contributed by atoms with van der Waals surface area (Å²) in [6, 6.07) is 10.7. The molecule has 1 heterocycles. The second-order valence-corrected chi connectivity index (χ2v) is 4.79. The Morgan fingerprint density at radius 1 is 1.21 bits per heavy atom. The van der Waals surface area contributed by atoms with E-state index in [0.29, 0.717) is 5.41 Å². The van der Waals surface area contributed by atoms with Crippen LogP contribution in [0.15, 0.2) is 30.3 Å². The molecule has 0 spiro atoms. The molecule has 0 amide bonds. The highest BCUT2D eigenvalue weighted by molar-refractivity contribution is 5.15. The Bertz CT molecular complexity index is 285. The molecule has 1 aromatic carbocycles. The van der Waals surface area contributed by atoms with Crippen LogP contribution < -0.4 is 0 Å². The van der Waals surface area contributed by atoms with Gasteiger partial charge < -0.3 is 0 Å². The van der Waals surface area contributed by atoms with Gasteiger partial charge in [-0.25, -0.2) is 0 Å². The van der Waals surface area contributed by atoms with Gasteiger partial charge in [0.2, 0.25) is 0 Å². The van der Waals surface area contributed by atoms with Crippen LogP contribution in [0.2, 0.25) is 0 Å². The minimum absolute atomic E-state index is 0.592. The molecule has 1 aromatic rings. The first-order chi connectivity index (χ1) is 6.72. The molecule has 1 nitrogen and oxygen atoms in total. The van der Waals surface area contributed by atoms with Gasteiger partial charge in [-0.05, 0) is 17.4 Å². The van der Waals surface area contributed by atoms with Crippen molar-refractivity contribution in [2.24, 2.45) is 5.41 Å². The Morgan fingerprint density at radius 2 is 1.86 bits per heavy atom. The van der Waals surface area contributed by atoms with E-state index in [4.69, 9.17) is 0 Å². The third kappa shape index (κ3) is 1.98. The second-order valence-electron chi connectivity index (χ2n) is 4.79. The first-order valence-corrected chi connectivity index (χ1v) is 5.48. The monoisotopic (exact) mass is 189 g/mol. The standard InChI is InChI=1S/C13H19N/c1-3-13(2)10-14(11-13)9-12-7-5-4-6-8-12/h4-8H,3,9-11H2,1-2H3. The van der Waals surface area contributed by atoms with E-state index in [9.17, 15) is 0 Å². The van der Waals surface area contributed by atoms with Crippen LogP contribution in [0.5, 0.6) is 0 Å². The molecule has 2 rings (SSSR count). The minimum atomic E-state index is 0.592. The summed E-state index contributed by atoms with van der Waals surface area (Å²) in [6.45, 7) is 8.32. The van der Waals surface area contributed by atoms with Crippen LogP contribution in [0.3, 0.4) is 0 Å². The molecule has 0 aromatic heterocycles. The van der Waals surface area contributed by atoms with Crippen molar-refractivity contribution in [1.82, 2.24) is 4.90 Å². The van der Waals surface area contributed by atoms with Crippen LogP contribution in [0.1, 0.15) is 25.8 Å². The lowest BCUT2D eigenvalue weighted by molar-refractivity contribution is 0.00621. The number of likely N-dealkylation sites (tertiary alicyclic amines) is 1. The fourth-order valence-electron chi connectivity index (χ4n) is 2.21. The van der Waals surface area contributed by atoms with E-state index in [2.05, 4.69) is 49.1 Å². The van der Waals surface area contributed by atoms with Crippen LogP contribution in [0.4, 0.5) is 0 Å². The zero-order valence-electron chi connectivity index (χ0n) is 9.16. The molecule has 0 aliphatic carbocycles. The summed E-state index contributed by atoms with van der Waals surface area (Å²) >= 11 is 0. The maximum Gasteiger partial charge on any atom is 0.0234 e. The van der Waals surface area contributed by atoms with Crippen molar-refractivity contribution in [3.8, 4) is 0 Å². The normalized spacial score (nSPS) is 20.4. The summed E-state index contributed by atoms with van der Waals surface area (Å²) in [4.78, 5) is 2.53. The van der Waals surface area contributed by atoms with Crippen molar-refractivity contribution < 1.29 is 0 Å². The van der Waals surface area contributed by atoms with Crippen LogP contribution in [-0.2, 0) is 6.54 Å². The van der Waals surface area contributed by atoms with Gasteiger partial charge in [-0.1, -0.05) is 44.2 Å². The number of benzene rings is 1. The number of hydrogen-bond donors (Lipinski definition) is 0. The smallest absolute Gasteiger partial charge is 0.0234 e. The molecule has 1 heteroatoms. The first-order valence-electron chi connectivity index (χ1n) is 5.48. The molecule has 1 aliphatic heterocycles. The first kappa shape index (κ1) is 9.72. The molecular formula is C13H19N. The van der Waals surface area contributed by atoms with Gasteiger partial charge in [0.15, 0.2) is 0 Å². The molecule has 0 N–H and O–H groups in total. The third-order valence-electron chi connectivity index (χ3n) is 3.31. The summed E-state index contributed by atoms with van der Waals surface area (Å²) < 4.78 is 0. The van der Waals surface area contributed by atoms with Crippen molar-refractivity contribution in [2.75, 3.05) is 13.1 Å². The summed E-state index contributed by atoms with van der Waals surface area (Å²) in [5.41, 5.74) is 2.03. The second kappa shape index (κ2) is 3.74. The molecule has 0 atom stereocenters. The average molecular weight is 189 g/mol. The summed E-state index contributed by atoms with van der Waals surface area (Å²) in [6.07, 6.45) is 1.30. The lowest BCUT2D eigenvalue weighted by atomic mass is 9.79. The molecule has 1 aliphatic rings. The molecular weight excluding hydrogens is 170 g/mol. The van der Waals surface area contributed by atoms with Gasteiger partial charge in [0.25, 0.3) is 0 Å². The highest BCUT2D eigenvalue weighted by Gasteiger charge is 2.36. The van der Waals surface area contributed by atoms with E-state index in [-0.39, 0.29) is 0 Å². The molecule has 1 saturated heterocycles. The molecule has 1 fully saturated rings.